The molecule has 1 aliphatic carbocycles. The van der Waals surface area contributed by atoms with Gasteiger partial charge in [-0.2, -0.15) is 0 Å². The second-order valence-corrected chi connectivity index (χ2v) is 5.63. The number of amides is 1. The lowest BCUT2D eigenvalue weighted by Gasteiger charge is -2.29. The number of carbonyl (C=O) groups is 1. The Balaban J connectivity index is 1.82. The SMILES string of the molecule is CC(CN)(NC(=O)c1ccc2[nH]ccc2c1)C1CC1. The van der Waals surface area contributed by atoms with Crippen molar-refractivity contribution >= 4 is 16.8 Å². The van der Waals surface area contributed by atoms with E-state index in [-0.39, 0.29) is 11.4 Å². The van der Waals surface area contributed by atoms with E-state index in [2.05, 4.69) is 10.3 Å². The lowest BCUT2D eigenvalue weighted by atomic mass is 9.95. The highest BCUT2D eigenvalue weighted by atomic mass is 16.1. The molecule has 1 amide bonds. The van der Waals surface area contributed by atoms with Crippen LogP contribution in [0, 0.1) is 5.92 Å². The zero-order valence-corrected chi connectivity index (χ0v) is 11.1. The lowest BCUT2D eigenvalue weighted by molar-refractivity contribution is 0.0898. The molecule has 1 fully saturated rings. The number of benzene rings is 1. The molecule has 0 radical (unpaired) electrons. The third-order valence-electron chi connectivity index (χ3n) is 4.12. The molecule has 0 bridgehead atoms. The quantitative estimate of drug-likeness (QED) is 0.784. The van der Waals surface area contributed by atoms with Crippen LogP contribution in [0.15, 0.2) is 30.5 Å². The molecule has 19 heavy (non-hydrogen) atoms. The minimum atomic E-state index is -0.274. The number of H-pyrrole nitrogens is 1. The fraction of sp³-hybridized carbons (Fsp3) is 0.400. The van der Waals surface area contributed by atoms with Gasteiger partial charge < -0.3 is 16.0 Å². The number of nitrogens with one attached hydrogen (secondary N) is 2. The Kier molecular flexibility index (Phi) is 2.82. The number of nitrogens with two attached hydrogens (primary N) is 1. The average Bonchev–Trinajstić information content (AvgIpc) is 3.17. The van der Waals surface area contributed by atoms with Crippen molar-refractivity contribution in [2.75, 3.05) is 6.54 Å². The highest BCUT2D eigenvalue weighted by molar-refractivity contribution is 5.98. The molecule has 1 saturated carbocycles. The van der Waals surface area contributed by atoms with Crippen LogP contribution in [0.3, 0.4) is 0 Å². The fourth-order valence-corrected chi connectivity index (χ4v) is 2.57. The van der Waals surface area contributed by atoms with E-state index in [9.17, 15) is 4.79 Å². The van der Waals surface area contributed by atoms with Gasteiger partial charge >= 0.3 is 0 Å². The van der Waals surface area contributed by atoms with E-state index in [0.717, 1.165) is 23.7 Å². The van der Waals surface area contributed by atoms with Gasteiger partial charge in [0.2, 0.25) is 0 Å². The minimum absolute atomic E-state index is 0.0389. The van der Waals surface area contributed by atoms with Crippen LogP contribution in [0.1, 0.15) is 30.1 Å². The van der Waals surface area contributed by atoms with Gasteiger partial charge in [0.25, 0.3) is 5.91 Å². The molecule has 4 N–H and O–H groups in total. The van der Waals surface area contributed by atoms with Crippen molar-refractivity contribution in [1.82, 2.24) is 10.3 Å². The summed E-state index contributed by atoms with van der Waals surface area (Å²) >= 11 is 0. The topological polar surface area (TPSA) is 70.9 Å². The van der Waals surface area contributed by atoms with Gasteiger partial charge in [0.05, 0.1) is 5.54 Å². The van der Waals surface area contributed by atoms with Gasteiger partial charge in [0.15, 0.2) is 0 Å². The molecule has 4 nitrogen and oxygen atoms in total. The van der Waals surface area contributed by atoms with E-state index in [1.165, 1.54) is 0 Å². The van der Waals surface area contributed by atoms with Crippen LogP contribution in [0.2, 0.25) is 0 Å². The number of hydrogen-bond acceptors (Lipinski definition) is 2. The summed E-state index contributed by atoms with van der Waals surface area (Å²) in [4.78, 5) is 15.5. The van der Waals surface area contributed by atoms with E-state index in [0.29, 0.717) is 18.0 Å². The Morgan fingerprint density at radius 3 is 2.95 bits per heavy atom. The van der Waals surface area contributed by atoms with Gasteiger partial charge in [-0.15, -0.1) is 0 Å². The van der Waals surface area contributed by atoms with Crippen molar-refractivity contribution < 1.29 is 4.79 Å². The largest absolute Gasteiger partial charge is 0.361 e. The second-order valence-electron chi connectivity index (χ2n) is 5.63. The summed E-state index contributed by atoms with van der Waals surface area (Å²) in [6, 6.07) is 7.65. The molecule has 1 aliphatic rings. The van der Waals surface area contributed by atoms with Gasteiger partial charge in [-0.1, -0.05) is 0 Å². The molecule has 0 spiro atoms. The first kappa shape index (κ1) is 12.2. The van der Waals surface area contributed by atoms with E-state index in [4.69, 9.17) is 5.73 Å². The molecule has 3 rings (SSSR count). The molecule has 0 saturated heterocycles. The molecule has 0 aliphatic heterocycles. The lowest BCUT2D eigenvalue weighted by Crippen LogP contribution is -2.53. The molecular weight excluding hydrogens is 238 g/mol. The summed E-state index contributed by atoms with van der Waals surface area (Å²) in [5, 5.41) is 4.15. The van der Waals surface area contributed by atoms with Crippen LogP contribution in [-0.4, -0.2) is 23.0 Å². The minimum Gasteiger partial charge on any atom is -0.361 e. The van der Waals surface area contributed by atoms with Gasteiger partial charge in [-0.05, 0) is 49.9 Å². The molecule has 1 heterocycles. The summed E-state index contributed by atoms with van der Waals surface area (Å²) in [6.07, 6.45) is 4.19. The zero-order valence-electron chi connectivity index (χ0n) is 11.1. The van der Waals surface area contributed by atoms with Gasteiger partial charge in [0.1, 0.15) is 0 Å². The third-order valence-corrected chi connectivity index (χ3v) is 4.12. The summed E-state index contributed by atoms with van der Waals surface area (Å²) in [5.41, 5.74) is 7.28. The molecule has 1 aromatic heterocycles. The second kappa shape index (κ2) is 4.38. The van der Waals surface area contributed by atoms with Gasteiger partial charge in [-0.3, -0.25) is 4.79 Å². The highest BCUT2D eigenvalue weighted by Gasteiger charge is 2.41. The van der Waals surface area contributed by atoms with Crippen LogP contribution < -0.4 is 11.1 Å². The normalized spacial score (nSPS) is 18.2. The molecule has 2 aromatic rings. The Morgan fingerprint density at radius 2 is 2.26 bits per heavy atom. The highest BCUT2D eigenvalue weighted by Crippen LogP contribution is 2.39. The van der Waals surface area contributed by atoms with Crippen molar-refractivity contribution in [3.8, 4) is 0 Å². The van der Waals surface area contributed by atoms with Crippen molar-refractivity contribution in [2.24, 2.45) is 11.7 Å². The maximum atomic E-state index is 12.3. The first-order valence-corrected chi connectivity index (χ1v) is 6.72. The van der Waals surface area contributed by atoms with Crippen LogP contribution in [0.4, 0.5) is 0 Å². The summed E-state index contributed by atoms with van der Waals surface area (Å²) in [5.74, 6) is 0.486. The predicted octanol–water partition coefficient (Wildman–Crippen LogP) is 2.03. The van der Waals surface area contributed by atoms with Crippen molar-refractivity contribution in [2.45, 2.75) is 25.3 Å². The number of rotatable bonds is 4. The molecular formula is C15H19N3O. The first-order valence-electron chi connectivity index (χ1n) is 6.72. The Hall–Kier alpha value is -1.81. The van der Waals surface area contributed by atoms with Crippen molar-refractivity contribution in [1.29, 1.82) is 0 Å². The van der Waals surface area contributed by atoms with Crippen molar-refractivity contribution in [3.05, 3.63) is 36.0 Å². The number of fused-ring (bicyclic) bond motifs is 1. The fourth-order valence-electron chi connectivity index (χ4n) is 2.57. The van der Waals surface area contributed by atoms with Gasteiger partial charge in [0, 0.05) is 29.2 Å². The average molecular weight is 257 g/mol. The Bertz CT molecular complexity index is 615. The first-order chi connectivity index (χ1) is 9.12. The predicted molar refractivity (Wildman–Crippen MR) is 75.9 cm³/mol. The van der Waals surface area contributed by atoms with Crippen LogP contribution in [0.5, 0.6) is 0 Å². The Labute approximate surface area is 112 Å². The van der Waals surface area contributed by atoms with Crippen molar-refractivity contribution in [3.63, 3.8) is 0 Å². The zero-order chi connectivity index (χ0) is 13.5. The van der Waals surface area contributed by atoms with E-state index >= 15 is 0 Å². The standard InChI is InChI=1S/C15H19N3O/c1-15(9-16,12-3-4-12)18-14(19)11-2-5-13-10(8-11)6-7-17-13/h2,5-8,12,17H,3-4,9,16H2,1H3,(H,18,19). The van der Waals surface area contributed by atoms with Gasteiger partial charge in [-0.25, -0.2) is 0 Å². The van der Waals surface area contributed by atoms with E-state index < -0.39 is 0 Å². The third kappa shape index (κ3) is 2.24. The number of aromatic amines is 1. The molecule has 1 unspecified atom stereocenters. The Morgan fingerprint density at radius 1 is 1.47 bits per heavy atom. The van der Waals surface area contributed by atoms with E-state index in [1.54, 1.807) is 0 Å². The summed E-state index contributed by atoms with van der Waals surface area (Å²) in [7, 11) is 0. The van der Waals surface area contributed by atoms with Crippen LogP contribution in [-0.2, 0) is 0 Å². The maximum absolute atomic E-state index is 12.3. The smallest absolute Gasteiger partial charge is 0.251 e. The molecule has 1 atom stereocenters. The molecule has 1 aromatic carbocycles. The maximum Gasteiger partial charge on any atom is 0.251 e. The number of aromatic nitrogens is 1. The monoisotopic (exact) mass is 257 g/mol. The number of hydrogen-bond donors (Lipinski definition) is 3. The number of carbonyl (C=O) groups excluding carboxylic acids is 1. The summed E-state index contributed by atoms with van der Waals surface area (Å²) < 4.78 is 0. The molecule has 4 heteroatoms. The summed E-state index contributed by atoms with van der Waals surface area (Å²) in [6.45, 7) is 2.52. The van der Waals surface area contributed by atoms with E-state index in [1.807, 2.05) is 37.4 Å². The molecule has 100 valence electrons. The van der Waals surface area contributed by atoms with Crippen LogP contribution in [0.25, 0.3) is 10.9 Å². The van der Waals surface area contributed by atoms with Crippen LogP contribution >= 0.6 is 0 Å².